The summed E-state index contributed by atoms with van der Waals surface area (Å²) >= 11 is 0. The molecule has 0 aromatic heterocycles. The molecule has 0 aliphatic carbocycles. The Bertz CT molecular complexity index is 1330. The van der Waals surface area contributed by atoms with Crippen molar-refractivity contribution in [2.75, 3.05) is 73.6 Å². The first-order valence-corrected chi connectivity index (χ1v) is 19.5. The highest BCUT2D eigenvalue weighted by atomic mass is 31.2. The lowest BCUT2D eigenvalue weighted by atomic mass is 9.99. The van der Waals surface area contributed by atoms with Crippen molar-refractivity contribution in [3.05, 3.63) is 35.9 Å². The number of phosphoric acid groups is 1. The maximum atomic E-state index is 13.3. The summed E-state index contributed by atoms with van der Waals surface area (Å²) in [5.41, 5.74) is 1.50. The Balaban J connectivity index is 2.06. The molecule has 2 aromatic carbocycles. The van der Waals surface area contributed by atoms with Crippen LogP contribution in [-0.4, -0.2) is 96.0 Å². The van der Waals surface area contributed by atoms with Crippen LogP contribution >= 0.6 is 7.82 Å². The third kappa shape index (κ3) is 17.7. The smallest absolute Gasteiger partial charge is 0.472 e. The number of Topliss-reactive ketones (excluding diaryl/α,β-unsaturated/α-hetero) is 1. The molecule has 278 valence electrons. The topological polar surface area (TPSA) is 124 Å². The third-order valence-electron chi connectivity index (χ3n) is 8.34. The van der Waals surface area contributed by atoms with Gasteiger partial charge in [-0.05, 0) is 36.1 Å². The fraction of sp³-hybridized carbons (Fsp3) is 0.676. The number of ketones is 1. The number of quaternary nitrogens is 1. The van der Waals surface area contributed by atoms with Gasteiger partial charge in [0.1, 0.15) is 25.5 Å². The zero-order valence-corrected chi connectivity index (χ0v) is 32.0. The molecule has 0 fully saturated rings. The molecule has 0 saturated heterocycles. The summed E-state index contributed by atoms with van der Waals surface area (Å²) in [6.07, 6.45) is 13.4. The predicted molar refractivity (Wildman–Crippen MR) is 198 cm³/mol. The Kier molecular flexibility index (Phi) is 19.2. The molecule has 2 rings (SSSR count). The van der Waals surface area contributed by atoms with E-state index in [4.69, 9.17) is 18.5 Å². The van der Waals surface area contributed by atoms with Crippen LogP contribution in [0.3, 0.4) is 0 Å². The van der Waals surface area contributed by atoms with Gasteiger partial charge in [0.05, 0.1) is 27.7 Å². The van der Waals surface area contributed by atoms with E-state index in [0.717, 1.165) is 35.7 Å². The molecular weight excluding hydrogens is 645 g/mol. The number of rotatable bonds is 26. The number of hydrogen-bond acceptors (Lipinski definition) is 8. The van der Waals surface area contributed by atoms with Crippen molar-refractivity contribution in [1.82, 2.24) is 5.32 Å². The zero-order chi connectivity index (χ0) is 36.3. The van der Waals surface area contributed by atoms with Crippen molar-refractivity contribution in [3.8, 4) is 5.75 Å². The predicted octanol–water partition coefficient (Wildman–Crippen LogP) is 8.12. The molecule has 2 aromatic rings. The highest BCUT2D eigenvalue weighted by molar-refractivity contribution is 7.47. The molecule has 0 bridgehead atoms. The maximum Gasteiger partial charge on any atom is 0.472 e. The number of carbonyl (C=O) groups excluding carboxylic acids is 2. The number of likely N-dealkylation sites (N-methyl/N-ethyl adjacent to an activating group) is 1. The van der Waals surface area contributed by atoms with E-state index in [1.165, 1.54) is 64.8 Å². The second kappa shape index (κ2) is 22.2. The van der Waals surface area contributed by atoms with Crippen LogP contribution in [-0.2, 0) is 18.3 Å². The van der Waals surface area contributed by atoms with Crippen LogP contribution in [0.5, 0.6) is 5.75 Å². The van der Waals surface area contributed by atoms with Crippen molar-refractivity contribution < 1.29 is 42.1 Å². The summed E-state index contributed by atoms with van der Waals surface area (Å²) in [5.74, 6) is 0.486. The van der Waals surface area contributed by atoms with Crippen LogP contribution in [0, 0.1) is 0 Å². The van der Waals surface area contributed by atoms with Crippen LogP contribution in [0.1, 0.15) is 101 Å². The normalized spacial score (nSPS) is 13.6. The van der Waals surface area contributed by atoms with Gasteiger partial charge in [0, 0.05) is 44.2 Å². The number of phosphoric ester groups is 1. The number of hydrogen-bond donors (Lipinski definition) is 2. The standard InChI is InChI=1S/C37H62N3O8P/c1-8-9-10-11-12-13-14-15-16-17-18-19-20-35(41)31-25-30-21-22-32(39(3)4)27-34(30)36(26-31)45-28-33(48-37(42)38-2)29-47-49(43,44)46-24-23-40(5,6)7/h21-22,25-27,33H,8-20,23-24,28-29H2,1-7H3,(H-,38,42,43,44)/p+1. The first kappa shape index (κ1) is 42.5. The lowest BCUT2D eigenvalue weighted by molar-refractivity contribution is -0.870. The summed E-state index contributed by atoms with van der Waals surface area (Å²) in [7, 11) is 6.68. The van der Waals surface area contributed by atoms with Gasteiger partial charge in [-0.3, -0.25) is 13.8 Å². The molecule has 0 aliphatic rings. The third-order valence-corrected chi connectivity index (χ3v) is 9.32. The quantitative estimate of drug-likeness (QED) is 0.0432. The van der Waals surface area contributed by atoms with Crippen LogP contribution < -0.4 is 15.0 Å². The molecule has 2 unspecified atom stereocenters. The SMILES string of the molecule is CCCCCCCCCCCCCCC(=O)c1cc(OCC(COP(=O)(O)OCC[N+](C)(C)C)OC(=O)NC)c2cc(N(C)C)ccc2c1. The number of ether oxygens (including phenoxy) is 2. The van der Waals surface area contributed by atoms with Gasteiger partial charge in [-0.15, -0.1) is 0 Å². The molecule has 0 spiro atoms. The minimum absolute atomic E-state index is 0.00895. The summed E-state index contributed by atoms with van der Waals surface area (Å²) in [5, 5.41) is 4.00. The summed E-state index contributed by atoms with van der Waals surface area (Å²) in [4.78, 5) is 37.6. The zero-order valence-electron chi connectivity index (χ0n) is 31.1. The Morgan fingerprint density at radius 2 is 1.49 bits per heavy atom. The summed E-state index contributed by atoms with van der Waals surface area (Å²) in [6.45, 7) is 2.12. The number of amides is 1. The fourth-order valence-corrected chi connectivity index (χ4v) is 6.04. The summed E-state index contributed by atoms with van der Waals surface area (Å²) in [6, 6.07) is 9.53. The number of fused-ring (bicyclic) bond motifs is 1. The number of nitrogens with zero attached hydrogens (tertiary/aromatic N) is 2. The maximum absolute atomic E-state index is 13.3. The highest BCUT2D eigenvalue weighted by Gasteiger charge is 2.27. The van der Waals surface area contributed by atoms with E-state index in [1.807, 2.05) is 64.4 Å². The van der Waals surface area contributed by atoms with E-state index < -0.39 is 26.6 Å². The fourth-order valence-electron chi connectivity index (χ4n) is 5.29. The molecule has 1 amide bonds. The average molecular weight is 709 g/mol. The van der Waals surface area contributed by atoms with E-state index in [1.54, 1.807) is 6.07 Å². The number of benzene rings is 2. The van der Waals surface area contributed by atoms with E-state index in [2.05, 4.69) is 12.2 Å². The van der Waals surface area contributed by atoms with Gasteiger partial charge < -0.3 is 29.1 Å². The van der Waals surface area contributed by atoms with Crippen LogP contribution in [0.4, 0.5) is 10.5 Å². The second-order valence-corrected chi connectivity index (χ2v) is 15.5. The Morgan fingerprint density at radius 1 is 0.878 bits per heavy atom. The number of alkyl carbamates (subject to hydrolysis) is 1. The van der Waals surface area contributed by atoms with Crippen molar-refractivity contribution in [1.29, 1.82) is 0 Å². The van der Waals surface area contributed by atoms with Gasteiger partial charge in [0.25, 0.3) is 0 Å². The average Bonchev–Trinajstić information content (AvgIpc) is 3.04. The lowest BCUT2D eigenvalue weighted by Gasteiger charge is -2.24. The Labute approximate surface area is 294 Å². The number of unbranched alkanes of at least 4 members (excludes halogenated alkanes) is 11. The van der Waals surface area contributed by atoms with Gasteiger partial charge in [-0.25, -0.2) is 9.36 Å². The van der Waals surface area contributed by atoms with Crippen molar-refractivity contribution in [2.45, 2.75) is 96.5 Å². The molecule has 0 saturated carbocycles. The van der Waals surface area contributed by atoms with E-state index in [0.29, 0.717) is 28.8 Å². The van der Waals surface area contributed by atoms with Crippen molar-refractivity contribution >= 4 is 36.2 Å². The van der Waals surface area contributed by atoms with Gasteiger partial charge in [0.2, 0.25) is 0 Å². The van der Waals surface area contributed by atoms with E-state index >= 15 is 0 Å². The van der Waals surface area contributed by atoms with Gasteiger partial charge >= 0.3 is 13.9 Å². The number of nitrogens with one attached hydrogen (secondary N) is 1. The highest BCUT2D eigenvalue weighted by Crippen LogP contribution is 2.43. The molecule has 11 nitrogen and oxygen atoms in total. The summed E-state index contributed by atoms with van der Waals surface area (Å²) < 4.78 is 34.9. The molecule has 0 heterocycles. The largest absolute Gasteiger partial charge is 0.489 e. The second-order valence-electron chi connectivity index (χ2n) is 14.0. The molecule has 2 N–H and O–H groups in total. The molecular formula is C37H63N3O8P+. The Hall–Kier alpha value is -2.69. The minimum atomic E-state index is -4.41. The molecule has 0 radical (unpaired) electrons. The first-order valence-electron chi connectivity index (χ1n) is 18.0. The monoisotopic (exact) mass is 708 g/mol. The molecule has 12 heteroatoms. The molecule has 0 aliphatic heterocycles. The molecule has 2 atom stereocenters. The first-order chi connectivity index (χ1) is 23.2. The minimum Gasteiger partial charge on any atom is -0.489 e. The van der Waals surface area contributed by atoms with Crippen LogP contribution in [0.2, 0.25) is 0 Å². The van der Waals surface area contributed by atoms with E-state index in [9.17, 15) is 19.0 Å². The van der Waals surface area contributed by atoms with Crippen LogP contribution in [0.15, 0.2) is 30.3 Å². The van der Waals surface area contributed by atoms with Gasteiger partial charge in [0.15, 0.2) is 11.9 Å². The van der Waals surface area contributed by atoms with Crippen molar-refractivity contribution in [3.63, 3.8) is 0 Å². The number of carbonyl (C=O) groups is 2. The number of anilines is 1. The van der Waals surface area contributed by atoms with Crippen molar-refractivity contribution in [2.24, 2.45) is 0 Å². The van der Waals surface area contributed by atoms with Gasteiger partial charge in [-0.1, -0.05) is 83.6 Å². The van der Waals surface area contributed by atoms with Crippen LogP contribution in [0.25, 0.3) is 10.8 Å². The van der Waals surface area contributed by atoms with E-state index in [-0.39, 0.29) is 19.0 Å². The van der Waals surface area contributed by atoms with Gasteiger partial charge in [-0.2, -0.15) is 0 Å². The molecule has 49 heavy (non-hydrogen) atoms. The Morgan fingerprint density at radius 3 is 2.06 bits per heavy atom. The lowest BCUT2D eigenvalue weighted by Crippen LogP contribution is -2.37.